The zero-order valence-electron chi connectivity index (χ0n) is 13.7. The summed E-state index contributed by atoms with van der Waals surface area (Å²) in [5, 5.41) is 6.24. The monoisotopic (exact) mass is 355 g/mol. The average Bonchev–Trinajstić information content (AvgIpc) is 2.98. The first-order valence-corrected chi connectivity index (χ1v) is 8.83. The van der Waals surface area contributed by atoms with Gasteiger partial charge in [0, 0.05) is 23.2 Å². The van der Waals surface area contributed by atoms with Crippen LogP contribution in [0.5, 0.6) is 0 Å². The Morgan fingerprint density at radius 2 is 2.08 bits per heavy atom. The molecule has 1 aliphatic heterocycles. The first-order chi connectivity index (χ1) is 12.0. The van der Waals surface area contributed by atoms with Crippen molar-refractivity contribution in [2.24, 2.45) is 0 Å². The molecule has 7 nitrogen and oxygen atoms in total. The Balaban J connectivity index is 1.60. The van der Waals surface area contributed by atoms with Gasteiger partial charge in [-0.05, 0) is 13.0 Å². The second kappa shape index (κ2) is 5.96. The number of carbonyl (C=O) groups is 1. The Bertz CT molecular complexity index is 1040. The molecule has 0 fully saturated rings. The highest BCUT2D eigenvalue weighted by Gasteiger charge is 2.24. The number of carbonyl (C=O) groups excluding carboxylic acids is 1. The van der Waals surface area contributed by atoms with Crippen LogP contribution in [0.4, 0.5) is 5.13 Å². The van der Waals surface area contributed by atoms with Crippen LogP contribution in [0.15, 0.2) is 29.1 Å². The molecule has 0 radical (unpaired) electrons. The number of aryl methyl sites for hydroxylation is 1. The summed E-state index contributed by atoms with van der Waals surface area (Å²) in [5.74, 6) is -0.123. The molecule has 1 aliphatic rings. The number of hydrogen-bond acceptors (Lipinski definition) is 6. The van der Waals surface area contributed by atoms with Gasteiger partial charge in [0.2, 0.25) is 5.91 Å². The maximum atomic E-state index is 12.7. The third-order valence-corrected chi connectivity index (χ3v) is 5.35. The number of benzene rings is 1. The van der Waals surface area contributed by atoms with Gasteiger partial charge in [0.15, 0.2) is 5.13 Å². The number of fused-ring (bicyclic) bond motifs is 2. The van der Waals surface area contributed by atoms with Crippen molar-refractivity contribution < 1.29 is 4.79 Å². The Morgan fingerprint density at radius 1 is 1.32 bits per heavy atom. The predicted octanol–water partition coefficient (Wildman–Crippen LogP) is 1.33. The molecule has 0 aliphatic carbocycles. The van der Waals surface area contributed by atoms with E-state index in [9.17, 15) is 9.59 Å². The lowest BCUT2D eigenvalue weighted by Gasteiger charge is -2.26. The number of anilines is 1. The van der Waals surface area contributed by atoms with E-state index in [-0.39, 0.29) is 18.0 Å². The van der Waals surface area contributed by atoms with E-state index >= 15 is 0 Å². The first-order valence-electron chi connectivity index (χ1n) is 8.01. The van der Waals surface area contributed by atoms with E-state index in [1.807, 2.05) is 25.1 Å². The molecule has 128 valence electrons. The highest BCUT2D eigenvalue weighted by atomic mass is 32.1. The fraction of sp³-hybridized carbons (Fsp3) is 0.294. The summed E-state index contributed by atoms with van der Waals surface area (Å²) < 4.78 is 1.26. The smallest absolute Gasteiger partial charge is 0.275 e. The van der Waals surface area contributed by atoms with Crippen molar-refractivity contribution in [1.82, 2.24) is 19.7 Å². The van der Waals surface area contributed by atoms with Crippen molar-refractivity contribution in [3.8, 4) is 0 Å². The lowest BCUT2D eigenvalue weighted by molar-refractivity contribution is -0.133. The second-order valence-electron chi connectivity index (χ2n) is 6.08. The van der Waals surface area contributed by atoms with Crippen LogP contribution in [0.2, 0.25) is 0 Å². The topological polar surface area (TPSA) is 94.1 Å². The van der Waals surface area contributed by atoms with E-state index in [1.54, 1.807) is 11.0 Å². The maximum Gasteiger partial charge on any atom is 0.275 e. The zero-order chi connectivity index (χ0) is 17.6. The van der Waals surface area contributed by atoms with Gasteiger partial charge in [-0.1, -0.05) is 18.2 Å². The van der Waals surface area contributed by atoms with E-state index < -0.39 is 0 Å². The number of rotatable bonds is 2. The predicted molar refractivity (Wildman–Crippen MR) is 96.4 cm³/mol. The van der Waals surface area contributed by atoms with Crippen LogP contribution in [-0.4, -0.2) is 32.1 Å². The Hall–Kier alpha value is -2.74. The summed E-state index contributed by atoms with van der Waals surface area (Å²) >= 11 is 1.41. The highest BCUT2D eigenvalue weighted by Crippen LogP contribution is 2.26. The molecule has 0 bridgehead atoms. The molecule has 1 amide bonds. The number of thiazole rings is 1. The molecule has 8 heteroatoms. The minimum absolute atomic E-state index is 0.0614. The second-order valence-corrected chi connectivity index (χ2v) is 7.20. The van der Waals surface area contributed by atoms with Gasteiger partial charge in [-0.15, -0.1) is 11.3 Å². The van der Waals surface area contributed by atoms with Crippen LogP contribution < -0.4 is 11.3 Å². The average molecular weight is 355 g/mol. The molecule has 0 unspecified atom stereocenters. The lowest BCUT2D eigenvalue weighted by Crippen LogP contribution is -2.40. The summed E-state index contributed by atoms with van der Waals surface area (Å²) in [4.78, 5) is 32.3. The number of nitrogens with two attached hydrogens (primary N) is 1. The molecule has 0 atom stereocenters. The Labute approximate surface area is 147 Å². The van der Waals surface area contributed by atoms with Crippen molar-refractivity contribution in [3.05, 3.63) is 50.9 Å². The van der Waals surface area contributed by atoms with Gasteiger partial charge in [0.05, 0.1) is 23.3 Å². The molecule has 2 N–H and O–H groups in total. The number of aromatic nitrogens is 3. The summed E-state index contributed by atoms with van der Waals surface area (Å²) in [5.41, 5.74) is 7.21. The molecular weight excluding hydrogens is 338 g/mol. The van der Waals surface area contributed by atoms with E-state index in [4.69, 9.17) is 5.73 Å². The molecule has 3 heterocycles. The Morgan fingerprint density at radius 3 is 2.88 bits per heavy atom. The first kappa shape index (κ1) is 15.8. The highest BCUT2D eigenvalue weighted by molar-refractivity contribution is 7.15. The van der Waals surface area contributed by atoms with E-state index in [1.165, 1.54) is 16.0 Å². The van der Waals surface area contributed by atoms with Gasteiger partial charge in [0.1, 0.15) is 6.54 Å². The van der Waals surface area contributed by atoms with Crippen molar-refractivity contribution >= 4 is 33.1 Å². The number of nitrogen functional groups attached to an aromatic ring is 1. The van der Waals surface area contributed by atoms with Crippen molar-refractivity contribution in [2.75, 3.05) is 12.3 Å². The van der Waals surface area contributed by atoms with Crippen LogP contribution in [-0.2, 0) is 24.3 Å². The van der Waals surface area contributed by atoms with Gasteiger partial charge in [-0.3, -0.25) is 9.59 Å². The summed E-state index contributed by atoms with van der Waals surface area (Å²) in [6, 6.07) is 7.32. The molecule has 1 aromatic carbocycles. The van der Waals surface area contributed by atoms with Gasteiger partial charge in [0.25, 0.3) is 5.56 Å². The van der Waals surface area contributed by atoms with Crippen LogP contribution in [0.1, 0.15) is 16.3 Å². The molecular formula is C17H17N5O2S. The van der Waals surface area contributed by atoms with E-state index in [0.29, 0.717) is 30.0 Å². The lowest BCUT2D eigenvalue weighted by atomic mass is 10.1. The quantitative estimate of drug-likeness (QED) is 0.748. The summed E-state index contributed by atoms with van der Waals surface area (Å²) in [7, 11) is 0. The van der Waals surface area contributed by atoms with Crippen molar-refractivity contribution in [2.45, 2.75) is 26.4 Å². The van der Waals surface area contributed by atoms with E-state index in [0.717, 1.165) is 21.7 Å². The Kier molecular flexibility index (Phi) is 3.76. The van der Waals surface area contributed by atoms with Crippen LogP contribution in [0.25, 0.3) is 10.8 Å². The number of nitrogens with zero attached hydrogens (tertiary/aromatic N) is 4. The van der Waals surface area contributed by atoms with Crippen LogP contribution in [0.3, 0.4) is 0 Å². The number of hydrogen-bond donors (Lipinski definition) is 1. The molecule has 0 saturated heterocycles. The van der Waals surface area contributed by atoms with Gasteiger partial charge in [-0.2, -0.15) is 5.10 Å². The number of amides is 1. The normalized spacial score (nSPS) is 13.9. The summed E-state index contributed by atoms with van der Waals surface area (Å²) in [6.07, 6.45) is 0.688. The molecule has 0 saturated carbocycles. The SMILES string of the molecule is Cc1nn(CC(=O)N2CCc3nc(N)sc3C2)c(=O)c2ccccc12. The van der Waals surface area contributed by atoms with Crippen LogP contribution >= 0.6 is 11.3 Å². The molecule has 4 rings (SSSR count). The molecule has 3 aromatic rings. The largest absolute Gasteiger partial charge is 0.375 e. The molecule has 0 spiro atoms. The summed E-state index contributed by atoms with van der Waals surface area (Å²) in [6.45, 7) is 2.85. The minimum atomic E-state index is -0.241. The fourth-order valence-electron chi connectivity index (χ4n) is 3.17. The van der Waals surface area contributed by atoms with Gasteiger partial charge >= 0.3 is 0 Å². The third kappa shape index (κ3) is 2.78. The maximum absolute atomic E-state index is 12.7. The standard InChI is InChI=1S/C17H17N5O2S/c1-10-11-4-2-3-5-12(11)16(24)22(20-10)9-15(23)21-7-6-13-14(8-21)25-17(18)19-13/h2-5H,6-9H2,1H3,(H2,18,19). The van der Waals surface area contributed by atoms with E-state index in [2.05, 4.69) is 10.1 Å². The van der Waals surface area contributed by atoms with Crippen LogP contribution in [0, 0.1) is 6.92 Å². The van der Waals surface area contributed by atoms with Gasteiger partial charge < -0.3 is 10.6 Å². The zero-order valence-corrected chi connectivity index (χ0v) is 14.5. The van der Waals surface area contributed by atoms with Crippen molar-refractivity contribution in [1.29, 1.82) is 0 Å². The van der Waals surface area contributed by atoms with Crippen molar-refractivity contribution in [3.63, 3.8) is 0 Å². The van der Waals surface area contributed by atoms with Gasteiger partial charge in [-0.25, -0.2) is 9.67 Å². The fourth-order valence-corrected chi connectivity index (χ4v) is 4.06. The molecule has 25 heavy (non-hydrogen) atoms. The molecule has 2 aromatic heterocycles. The third-order valence-electron chi connectivity index (χ3n) is 4.44. The minimum Gasteiger partial charge on any atom is -0.375 e.